The normalized spacial score (nSPS) is 26.0. The quantitative estimate of drug-likeness (QED) is 0.596. The van der Waals surface area contributed by atoms with Crippen LogP contribution in [0.15, 0.2) is 12.4 Å². The van der Waals surface area contributed by atoms with Gasteiger partial charge in [-0.2, -0.15) is 13.2 Å². The number of carbonyl (C=O) groups is 3. The number of rotatable bonds is 4. The molecule has 2 saturated carbocycles. The van der Waals surface area contributed by atoms with Crippen molar-refractivity contribution in [3.63, 3.8) is 0 Å². The fraction of sp³-hybridized carbons (Fsp3) is 0.533. The Hall–Kier alpha value is -2.92. The van der Waals surface area contributed by atoms with Crippen molar-refractivity contribution in [1.29, 1.82) is 0 Å². The van der Waals surface area contributed by atoms with Crippen molar-refractivity contribution in [3.8, 4) is 0 Å². The number of nitrogens with zero attached hydrogens (tertiary/aromatic N) is 2. The molecule has 0 saturated heterocycles. The minimum Gasteiger partial charge on any atom is -0.476 e. The van der Waals surface area contributed by atoms with E-state index in [-0.39, 0.29) is 23.6 Å². The molecule has 3 rings (SSSR count). The maximum Gasteiger partial charge on any atom is 0.490 e. The van der Waals surface area contributed by atoms with Crippen LogP contribution in [0, 0.1) is 17.8 Å². The lowest BCUT2D eigenvalue weighted by Crippen LogP contribution is -2.43. The second kappa shape index (κ2) is 7.76. The molecule has 2 aliphatic rings. The smallest absolute Gasteiger partial charge is 0.476 e. The van der Waals surface area contributed by atoms with E-state index in [4.69, 9.17) is 20.7 Å². The van der Waals surface area contributed by atoms with Gasteiger partial charge in [-0.25, -0.2) is 19.6 Å². The van der Waals surface area contributed by atoms with Gasteiger partial charge in [-0.1, -0.05) is 0 Å². The molecule has 1 aromatic rings. The molecule has 12 heteroatoms. The van der Waals surface area contributed by atoms with Crippen molar-refractivity contribution in [2.24, 2.45) is 23.5 Å². The average Bonchev–Trinajstić information content (AvgIpc) is 2.90. The minimum atomic E-state index is -5.08. The number of nitrogens with one attached hydrogen (secondary N) is 1. The molecule has 27 heavy (non-hydrogen) atoms. The van der Waals surface area contributed by atoms with E-state index in [1.807, 2.05) is 0 Å². The maximum atomic E-state index is 11.2. The third-order valence-electron chi connectivity index (χ3n) is 4.67. The number of alkyl halides is 3. The van der Waals surface area contributed by atoms with E-state index in [9.17, 15) is 22.8 Å². The number of carboxylic acids is 2. The number of nitrogens with two attached hydrogens (primary N) is 1. The minimum absolute atomic E-state index is 0.00253. The van der Waals surface area contributed by atoms with Crippen LogP contribution in [0.25, 0.3) is 0 Å². The summed E-state index contributed by atoms with van der Waals surface area (Å²) in [6, 6.07) is 0.273. The van der Waals surface area contributed by atoms with Gasteiger partial charge >= 0.3 is 18.1 Å². The Bertz CT molecular complexity index is 725. The number of fused-ring (bicyclic) bond motifs is 1. The number of anilines is 1. The third kappa shape index (κ3) is 5.05. The van der Waals surface area contributed by atoms with E-state index in [1.54, 1.807) is 0 Å². The van der Waals surface area contributed by atoms with E-state index >= 15 is 0 Å². The first-order valence-corrected chi connectivity index (χ1v) is 7.90. The van der Waals surface area contributed by atoms with E-state index in [2.05, 4.69) is 15.3 Å². The maximum absolute atomic E-state index is 11.2. The number of carboxylic acid groups (broad SMARTS) is 2. The van der Waals surface area contributed by atoms with Gasteiger partial charge in [0.2, 0.25) is 5.91 Å². The summed E-state index contributed by atoms with van der Waals surface area (Å²) < 4.78 is 31.7. The van der Waals surface area contributed by atoms with Crippen LogP contribution in [0.5, 0.6) is 0 Å². The molecule has 0 aliphatic heterocycles. The van der Waals surface area contributed by atoms with Crippen LogP contribution in [0.2, 0.25) is 0 Å². The Morgan fingerprint density at radius 3 is 2.19 bits per heavy atom. The van der Waals surface area contributed by atoms with Gasteiger partial charge in [-0.05, 0) is 31.1 Å². The van der Waals surface area contributed by atoms with Gasteiger partial charge in [0.25, 0.3) is 0 Å². The van der Waals surface area contributed by atoms with Crippen molar-refractivity contribution >= 4 is 23.7 Å². The SMILES string of the molecule is NC(=O)C1CC2CC(Nc3cnc(C(=O)O)cn3)C2C1.O=C(O)C(F)(F)F. The molecule has 0 bridgehead atoms. The van der Waals surface area contributed by atoms with Gasteiger partial charge in [0.15, 0.2) is 5.69 Å². The zero-order valence-electron chi connectivity index (χ0n) is 13.8. The van der Waals surface area contributed by atoms with E-state index in [0.29, 0.717) is 17.7 Å². The molecule has 4 unspecified atom stereocenters. The number of hydrogen-bond acceptors (Lipinski definition) is 6. The Labute approximate surface area is 150 Å². The van der Waals surface area contributed by atoms with Crippen LogP contribution in [-0.4, -0.2) is 50.2 Å². The fourth-order valence-corrected chi connectivity index (χ4v) is 3.33. The fourth-order valence-electron chi connectivity index (χ4n) is 3.33. The van der Waals surface area contributed by atoms with Crippen LogP contribution < -0.4 is 11.1 Å². The number of aromatic nitrogens is 2. The second-order valence-corrected chi connectivity index (χ2v) is 6.38. The number of carbonyl (C=O) groups excluding carboxylic acids is 1. The summed E-state index contributed by atoms with van der Waals surface area (Å²) in [5.41, 5.74) is 5.28. The van der Waals surface area contributed by atoms with E-state index in [1.165, 1.54) is 12.4 Å². The molecule has 1 heterocycles. The molecule has 2 fully saturated rings. The molecule has 2 aliphatic carbocycles. The third-order valence-corrected chi connectivity index (χ3v) is 4.67. The monoisotopic (exact) mass is 390 g/mol. The summed E-state index contributed by atoms with van der Waals surface area (Å²) in [5.74, 6) is -2.47. The number of amides is 1. The van der Waals surface area contributed by atoms with Gasteiger partial charge < -0.3 is 21.3 Å². The van der Waals surface area contributed by atoms with Crippen LogP contribution in [0.3, 0.4) is 0 Å². The van der Waals surface area contributed by atoms with Gasteiger partial charge in [-0.3, -0.25) is 4.79 Å². The summed E-state index contributed by atoms with van der Waals surface area (Å²) >= 11 is 0. The lowest BCUT2D eigenvalue weighted by atomic mass is 9.71. The largest absolute Gasteiger partial charge is 0.490 e. The molecule has 148 valence electrons. The summed E-state index contributed by atoms with van der Waals surface area (Å²) in [6.07, 6.45) is 0.301. The lowest BCUT2D eigenvalue weighted by Gasteiger charge is -2.41. The van der Waals surface area contributed by atoms with Crippen molar-refractivity contribution in [2.45, 2.75) is 31.5 Å². The van der Waals surface area contributed by atoms with Gasteiger partial charge in [0.05, 0.1) is 12.4 Å². The first kappa shape index (κ1) is 20.4. The van der Waals surface area contributed by atoms with Gasteiger partial charge in [0, 0.05) is 12.0 Å². The number of aliphatic carboxylic acids is 1. The van der Waals surface area contributed by atoms with Crippen LogP contribution in [0.1, 0.15) is 29.8 Å². The Morgan fingerprint density at radius 1 is 1.11 bits per heavy atom. The highest BCUT2D eigenvalue weighted by atomic mass is 19.4. The van der Waals surface area contributed by atoms with Crippen LogP contribution in [-0.2, 0) is 9.59 Å². The van der Waals surface area contributed by atoms with E-state index < -0.39 is 18.1 Å². The molecule has 0 radical (unpaired) electrons. The number of halogens is 3. The predicted octanol–water partition coefficient (Wildman–Crippen LogP) is 1.12. The standard InChI is InChI=1S/C13H16N4O3.C2HF3O2/c14-12(18)7-1-6-3-9(8(6)2-7)17-11-5-15-10(4-16-11)13(19)20;3-2(4,5)1(6)7/h4-9H,1-3H2,(H2,14,18)(H,16,17)(H,19,20);(H,6,7). The van der Waals surface area contributed by atoms with Crippen molar-refractivity contribution < 1.29 is 37.8 Å². The molecular formula is C15H17F3N4O5. The summed E-state index contributed by atoms with van der Waals surface area (Å²) in [4.78, 5) is 38.7. The number of hydrogen-bond donors (Lipinski definition) is 4. The molecule has 1 amide bonds. The van der Waals surface area contributed by atoms with Crippen molar-refractivity contribution in [3.05, 3.63) is 18.1 Å². The van der Waals surface area contributed by atoms with Crippen molar-refractivity contribution in [1.82, 2.24) is 9.97 Å². The van der Waals surface area contributed by atoms with Gasteiger partial charge in [-0.15, -0.1) is 0 Å². The molecule has 9 nitrogen and oxygen atoms in total. The van der Waals surface area contributed by atoms with Crippen LogP contribution in [0.4, 0.5) is 19.0 Å². The first-order valence-electron chi connectivity index (χ1n) is 7.90. The summed E-state index contributed by atoms with van der Waals surface area (Å²) in [5, 5.41) is 19.1. The first-order chi connectivity index (χ1) is 12.5. The number of aromatic carboxylic acids is 1. The Balaban J connectivity index is 0.000000321. The highest BCUT2D eigenvalue weighted by Crippen LogP contribution is 2.50. The summed E-state index contributed by atoms with van der Waals surface area (Å²) in [6.45, 7) is 0. The Morgan fingerprint density at radius 2 is 1.74 bits per heavy atom. The van der Waals surface area contributed by atoms with Crippen molar-refractivity contribution in [2.75, 3.05) is 5.32 Å². The lowest BCUT2D eigenvalue weighted by molar-refractivity contribution is -0.192. The highest BCUT2D eigenvalue weighted by molar-refractivity contribution is 5.84. The predicted molar refractivity (Wildman–Crippen MR) is 83.6 cm³/mol. The molecule has 0 spiro atoms. The Kier molecular flexibility index (Phi) is 5.86. The van der Waals surface area contributed by atoms with Gasteiger partial charge in [0.1, 0.15) is 5.82 Å². The summed E-state index contributed by atoms with van der Waals surface area (Å²) in [7, 11) is 0. The zero-order valence-corrected chi connectivity index (χ0v) is 13.8. The molecule has 1 aromatic heterocycles. The van der Waals surface area contributed by atoms with Crippen LogP contribution >= 0.6 is 0 Å². The number of primary amides is 1. The molecule has 5 N–H and O–H groups in total. The topological polar surface area (TPSA) is 156 Å². The molecule has 4 atom stereocenters. The second-order valence-electron chi connectivity index (χ2n) is 6.38. The zero-order chi connectivity index (χ0) is 20.4. The average molecular weight is 390 g/mol. The molecule has 0 aromatic carbocycles. The highest BCUT2D eigenvalue weighted by Gasteiger charge is 2.49. The molecular weight excluding hydrogens is 373 g/mol. The van der Waals surface area contributed by atoms with E-state index in [0.717, 1.165) is 19.3 Å².